The van der Waals surface area contributed by atoms with E-state index in [-0.39, 0.29) is 31.5 Å². The number of hydrogen-bond acceptors (Lipinski definition) is 8. The van der Waals surface area contributed by atoms with E-state index in [0.717, 1.165) is 38.9 Å². The zero-order valence-electron chi connectivity index (χ0n) is 23.5. The Morgan fingerprint density at radius 1 is 1.10 bits per heavy atom. The van der Waals surface area contributed by atoms with Crippen molar-refractivity contribution in [2.45, 2.75) is 57.0 Å². The monoisotopic (exact) mass is 667 g/mol. The van der Waals surface area contributed by atoms with E-state index in [1.54, 1.807) is 7.11 Å². The van der Waals surface area contributed by atoms with Crippen molar-refractivity contribution in [1.29, 1.82) is 0 Å². The summed E-state index contributed by atoms with van der Waals surface area (Å²) in [6.07, 6.45) is 5.45. The molecule has 2 heterocycles. The van der Waals surface area contributed by atoms with Crippen LogP contribution in [0.5, 0.6) is 0 Å². The molecule has 0 saturated carbocycles. The molecule has 4 atom stereocenters. The summed E-state index contributed by atoms with van der Waals surface area (Å²) in [5, 5.41) is 19.4. The van der Waals surface area contributed by atoms with Crippen LogP contribution in [0.15, 0.2) is 52.6 Å². The number of nitrogens with zero attached hydrogens (tertiary/aromatic N) is 4. The van der Waals surface area contributed by atoms with E-state index in [9.17, 15) is 5.11 Å². The van der Waals surface area contributed by atoms with Crippen LogP contribution in [0.1, 0.15) is 50.5 Å². The molecule has 0 N–H and O–H groups in total. The topological polar surface area (TPSA) is 92.0 Å². The van der Waals surface area contributed by atoms with E-state index in [0.29, 0.717) is 48.5 Å². The average molecular weight is 668 g/mol. The maximum absolute atomic E-state index is 12.2. The first-order valence-corrected chi connectivity index (χ1v) is 15.2. The minimum atomic E-state index is -0.0852. The van der Waals surface area contributed by atoms with Crippen LogP contribution in [0.4, 0.5) is 0 Å². The van der Waals surface area contributed by atoms with Gasteiger partial charge in [0, 0.05) is 31.1 Å². The minimum absolute atomic E-state index is 0. The first-order chi connectivity index (χ1) is 18.6. The molecular formula is C30H41N4O3S2Tc. The van der Waals surface area contributed by atoms with E-state index in [1.165, 1.54) is 34.9 Å². The van der Waals surface area contributed by atoms with Gasteiger partial charge in [0.05, 0.1) is 5.71 Å². The van der Waals surface area contributed by atoms with Crippen molar-refractivity contribution in [3.8, 4) is 0 Å². The van der Waals surface area contributed by atoms with Crippen LogP contribution in [-0.2, 0) is 55.7 Å². The number of hydrogen-bond donors (Lipinski definition) is 0. The van der Waals surface area contributed by atoms with Gasteiger partial charge in [-0.2, -0.15) is 11.5 Å². The predicted octanol–water partition coefficient (Wildman–Crippen LogP) is 3.61. The fourth-order valence-corrected chi connectivity index (χ4v) is 7.01. The van der Waals surface area contributed by atoms with Crippen LogP contribution in [0.25, 0.3) is 10.8 Å². The zero-order chi connectivity index (χ0) is 26.9. The first-order valence-electron chi connectivity index (χ1n) is 14.0. The fourth-order valence-electron chi connectivity index (χ4n) is 6.66. The zero-order valence-corrected chi connectivity index (χ0v) is 27.0. The molecule has 2 aromatic carbocycles. The third kappa shape index (κ3) is 8.69. The van der Waals surface area contributed by atoms with Crippen molar-refractivity contribution in [3.05, 3.63) is 48.0 Å². The molecule has 2 aromatic rings. The molecule has 0 amide bonds. The molecule has 2 aliphatic heterocycles. The van der Waals surface area contributed by atoms with E-state index < -0.39 is 0 Å². The Kier molecular flexibility index (Phi) is 15.6. The van der Waals surface area contributed by atoms with Crippen molar-refractivity contribution in [3.63, 3.8) is 0 Å². The quantitative estimate of drug-likeness (QED) is 0.132. The Morgan fingerprint density at radius 2 is 1.88 bits per heavy atom. The third-order valence-electron chi connectivity index (χ3n) is 8.26. The Hall–Kier alpha value is -1.13. The van der Waals surface area contributed by atoms with Gasteiger partial charge in [-0.15, -0.1) is 0 Å². The van der Waals surface area contributed by atoms with Gasteiger partial charge in [0.25, 0.3) is 0 Å². The largest absolute Gasteiger partial charge is 5.00 e. The second-order valence-electron chi connectivity index (χ2n) is 10.4. The molecule has 40 heavy (non-hydrogen) atoms. The SMILES string of the molecule is CC/C(=N/OC)C1C(c2ccc3ccccc3c2)CC2CCC1N2CCCN(CC[S-])CC([O-])=NCC[S-].[98Tc+5].[O-2]. The Morgan fingerprint density at radius 3 is 2.58 bits per heavy atom. The predicted molar refractivity (Wildman–Crippen MR) is 162 cm³/mol. The van der Waals surface area contributed by atoms with Gasteiger partial charge in [0.1, 0.15) is 7.11 Å². The molecule has 2 saturated heterocycles. The first kappa shape index (κ1) is 35.1. The molecule has 0 spiro atoms. The number of fused-ring (bicyclic) bond motifs is 3. The summed E-state index contributed by atoms with van der Waals surface area (Å²) in [5.41, 5.74) is 2.59. The van der Waals surface area contributed by atoms with Gasteiger partial charge in [-0.05, 0) is 79.9 Å². The number of piperidine rings is 1. The fraction of sp³-hybridized carbons (Fsp3) is 0.600. The second-order valence-corrected chi connectivity index (χ2v) is 11.3. The Labute approximate surface area is 264 Å². The molecule has 7 nitrogen and oxygen atoms in total. The summed E-state index contributed by atoms with van der Waals surface area (Å²) >= 11 is 10.1. The summed E-state index contributed by atoms with van der Waals surface area (Å²) in [6, 6.07) is 16.6. The summed E-state index contributed by atoms with van der Waals surface area (Å²) in [4.78, 5) is 14.3. The van der Waals surface area contributed by atoms with Crippen molar-refractivity contribution in [2.24, 2.45) is 16.1 Å². The third-order valence-corrected chi connectivity index (χ3v) is 8.62. The van der Waals surface area contributed by atoms with Gasteiger partial charge in [-0.1, -0.05) is 54.5 Å². The number of benzene rings is 2. The van der Waals surface area contributed by atoms with E-state index in [1.807, 2.05) is 0 Å². The van der Waals surface area contributed by atoms with Crippen LogP contribution in [-0.4, -0.2) is 84.8 Å². The molecule has 2 aliphatic rings. The van der Waals surface area contributed by atoms with Crippen LogP contribution in [0, 0.1) is 5.92 Å². The van der Waals surface area contributed by atoms with Crippen LogP contribution < -0.4 is 5.11 Å². The van der Waals surface area contributed by atoms with Gasteiger partial charge >= 0.3 is 20.1 Å². The van der Waals surface area contributed by atoms with E-state index in [4.69, 9.17) is 30.1 Å². The number of rotatable bonds is 14. The molecule has 10 heteroatoms. The number of oxime groups is 1. The van der Waals surface area contributed by atoms with Crippen molar-refractivity contribution >= 4 is 47.6 Å². The van der Waals surface area contributed by atoms with Crippen molar-refractivity contribution in [1.82, 2.24) is 9.80 Å². The molecule has 0 radical (unpaired) electrons. The van der Waals surface area contributed by atoms with Crippen LogP contribution >= 0.6 is 0 Å². The van der Waals surface area contributed by atoms with Gasteiger partial charge in [-0.25, -0.2) is 0 Å². The molecule has 4 unspecified atom stereocenters. The molecular weight excluding hydrogens is 626 g/mol. The van der Waals surface area contributed by atoms with Gasteiger partial charge in [0.15, 0.2) is 0 Å². The average Bonchev–Trinajstić information content (AvgIpc) is 3.21. The maximum Gasteiger partial charge on any atom is 5.00 e. The minimum Gasteiger partial charge on any atom is -2.00 e. The molecule has 218 valence electrons. The maximum atomic E-state index is 12.2. The standard InChI is InChI=1S/C30H44N4O2S2.O.Tc/c1-3-27(32-36-2)30-26(24-10-9-22-7-4-5-8-23(22)19-24)20-25-11-12-28(30)34(25)15-6-14-33(16-18-38)21-29(35)31-13-17-37;;/h4-5,7-10,19,25-26,28,30,37-38H,3,6,11-18,20-21H2,1-2H3,(H,31,35);;/q;-2;+5/p-3/b32-27-;;/i;;1+0. The summed E-state index contributed by atoms with van der Waals surface area (Å²) in [7, 11) is 1.66. The Balaban J connectivity index is 0.00000280. The Bertz CT molecular complexity index is 1110. The summed E-state index contributed by atoms with van der Waals surface area (Å²) in [6.45, 7) is 5.58. The van der Waals surface area contributed by atoms with Crippen molar-refractivity contribution in [2.75, 3.05) is 51.3 Å². The molecule has 0 aliphatic carbocycles. The molecule has 2 fully saturated rings. The van der Waals surface area contributed by atoms with Gasteiger partial charge in [-0.3, -0.25) is 4.90 Å². The number of aliphatic imine (C=N–C) groups is 1. The molecule has 4 rings (SSSR count). The molecule has 0 aromatic heterocycles. The van der Waals surface area contributed by atoms with Gasteiger partial charge in [0.2, 0.25) is 0 Å². The molecule has 2 bridgehead atoms. The second kappa shape index (κ2) is 17.7. The van der Waals surface area contributed by atoms with Crippen LogP contribution in [0.2, 0.25) is 0 Å². The van der Waals surface area contributed by atoms with E-state index >= 15 is 0 Å². The van der Waals surface area contributed by atoms with Crippen LogP contribution in [0.3, 0.4) is 0 Å². The normalized spacial score (nSPS) is 23.2. The van der Waals surface area contributed by atoms with Crippen molar-refractivity contribution < 1.29 is 35.5 Å². The van der Waals surface area contributed by atoms with Gasteiger partial charge < -0.3 is 50.6 Å². The summed E-state index contributed by atoms with van der Waals surface area (Å²) in [5.74, 6) is 1.78. The summed E-state index contributed by atoms with van der Waals surface area (Å²) < 4.78 is 0. The smallest absolute Gasteiger partial charge is 2.00 e. The van der Waals surface area contributed by atoms with E-state index in [2.05, 4.69) is 69.3 Å².